The molecule has 0 bridgehead atoms. The van der Waals surface area contributed by atoms with Crippen LogP contribution in [0.15, 0.2) is 23.1 Å². The Balaban J connectivity index is 1.89. The summed E-state index contributed by atoms with van der Waals surface area (Å²) in [6.45, 7) is 5.47. The number of carbonyl (C=O) groups excluding carboxylic acids is 1. The second-order valence-electron chi connectivity index (χ2n) is 6.94. The standard InChI is InChI=1S/C18H29N3O5S/c1-13(2)10-14(12-19)21-18(22)6-7-20-27(23,24)15-4-5-16-17(11-15)26-9-3-8-25-16/h4-5,11,13-14,20H,3,6-10,12,19H2,1-2H3,(H,21,22). The van der Waals surface area contributed by atoms with Crippen molar-refractivity contribution in [3.05, 3.63) is 18.2 Å². The number of rotatable bonds is 9. The van der Waals surface area contributed by atoms with Gasteiger partial charge in [0, 0.05) is 38.0 Å². The van der Waals surface area contributed by atoms with Crippen molar-refractivity contribution in [1.29, 1.82) is 0 Å². The van der Waals surface area contributed by atoms with Gasteiger partial charge in [0.25, 0.3) is 0 Å². The maximum Gasteiger partial charge on any atom is 0.240 e. The van der Waals surface area contributed by atoms with Gasteiger partial charge in [-0.3, -0.25) is 4.79 Å². The van der Waals surface area contributed by atoms with Gasteiger partial charge in [-0.1, -0.05) is 13.8 Å². The Kier molecular flexibility index (Phi) is 7.88. The van der Waals surface area contributed by atoms with Crippen LogP contribution in [0, 0.1) is 5.92 Å². The molecule has 9 heteroatoms. The van der Waals surface area contributed by atoms with Gasteiger partial charge < -0.3 is 20.5 Å². The largest absolute Gasteiger partial charge is 0.490 e. The van der Waals surface area contributed by atoms with E-state index in [-0.39, 0.29) is 29.8 Å². The van der Waals surface area contributed by atoms with Gasteiger partial charge in [0.1, 0.15) is 0 Å². The highest BCUT2D eigenvalue weighted by molar-refractivity contribution is 7.89. The van der Waals surface area contributed by atoms with Gasteiger partial charge in [0.15, 0.2) is 11.5 Å². The van der Waals surface area contributed by atoms with Crippen LogP contribution in [0.4, 0.5) is 0 Å². The molecule has 1 aromatic carbocycles. The Morgan fingerprint density at radius 1 is 1.22 bits per heavy atom. The van der Waals surface area contributed by atoms with E-state index >= 15 is 0 Å². The molecule has 0 aliphatic carbocycles. The summed E-state index contributed by atoms with van der Waals surface area (Å²) < 4.78 is 38.4. The van der Waals surface area contributed by atoms with Gasteiger partial charge in [-0.25, -0.2) is 13.1 Å². The average Bonchev–Trinajstić information content (AvgIpc) is 2.85. The van der Waals surface area contributed by atoms with Crippen molar-refractivity contribution in [2.24, 2.45) is 11.7 Å². The predicted molar refractivity (Wildman–Crippen MR) is 102 cm³/mol. The normalized spacial score (nSPS) is 15.3. The number of carbonyl (C=O) groups is 1. The van der Waals surface area contributed by atoms with E-state index in [1.165, 1.54) is 12.1 Å². The van der Waals surface area contributed by atoms with Crippen LogP contribution in [-0.4, -0.2) is 46.7 Å². The van der Waals surface area contributed by atoms with Crippen LogP contribution >= 0.6 is 0 Å². The van der Waals surface area contributed by atoms with Crippen LogP contribution < -0.4 is 25.2 Å². The third-order valence-electron chi connectivity index (χ3n) is 4.08. The average molecular weight is 400 g/mol. The Bertz CT molecular complexity index is 737. The smallest absolute Gasteiger partial charge is 0.240 e. The van der Waals surface area contributed by atoms with Crippen molar-refractivity contribution in [3.8, 4) is 11.5 Å². The van der Waals surface area contributed by atoms with Crippen molar-refractivity contribution in [1.82, 2.24) is 10.0 Å². The molecule has 0 spiro atoms. The van der Waals surface area contributed by atoms with E-state index in [2.05, 4.69) is 23.9 Å². The molecule has 0 saturated heterocycles. The molecule has 1 aliphatic heterocycles. The van der Waals surface area contributed by atoms with E-state index in [0.29, 0.717) is 37.2 Å². The number of nitrogens with two attached hydrogens (primary N) is 1. The zero-order chi connectivity index (χ0) is 19.9. The SMILES string of the molecule is CC(C)CC(CN)NC(=O)CCNS(=O)(=O)c1ccc2c(c1)OCCCO2. The maximum absolute atomic E-state index is 12.5. The number of ether oxygens (including phenoxy) is 2. The first kappa shape index (κ1) is 21.5. The molecule has 1 aromatic rings. The first-order valence-electron chi connectivity index (χ1n) is 9.20. The predicted octanol–water partition coefficient (Wildman–Crippen LogP) is 1.01. The Hall–Kier alpha value is -1.84. The van der Waals surface area contributed by atoms with E-state index in [4.69, 9.17) is 15.2 Å². The fourth-order valence-corrected chi connectivity index (χ4v) is 3.82. The highest BCUT2D eigenvalue weighted by Gasteiger charge is 2.19. The number of benzene rings is 1. The fraction of sp³-hybridized carbons (Fsp3) is 0.611. The molecule has 0 fully saturated rings. The van der Waals surface area contributed by atoms with Crippen LogP contribution in [0.1, 0.15) is 33.1 Å². The fourth-order valence-electron chi connectivity index (χ4n) is 2.78. The van der Waals surface area contributed by atoms with Gasteiger partial charge in [0.2, 0.25) is 15.9 Å². The molecule has 1 unspecified atom stereocenters. The third-order valence-corrected chi connectivity index (χ3v) is 5.54. The van der Waals surface area contributed by atoms with E-state index in [0.717, 1.165) is 12.8 Å². The van der Waals surface area contributed by atoms with Gasteiger partial charge in [0.05, 0.1) is 18.1 Å². The lowest BCUT2D eigenvalue weighted by Crippen LogP contribution is -2.42. The highest BCUT2D eigenvalue weighted by atomic mass is 32.2. The summed E-state index contributed by atoms with van der Waals surface area (Å²) >= 11 is 0. The quantitative estimate of drug-likeness (QED) is 0.570. The summed E-state index contributed by atoms with van der Waals surface area (Å²) in [4.78, 5) is 12.1. The third kappa shape index (κ3) is 6.67. The van der Waals surface area contributed by atoms with Crippen molar-refractivity contribution >= 4 is 15.9 Å². The van der Waals surface area contributed by atoms with Crippen LogP contribution in [0.5, 0.6) is 11.5 Å². The highest BCUT2D eigenvalue weighted by Crippen LogP contribution is 2.31. The first-order valence-corrected chi connectivity index (χ1v) is 10.7. The molecule has 2 rings (SSSR count). The number of hydrogen-bond donors (Lipinski definition) is 3. The van der Waals surface area contributed by atoms with E-state index in [9.17, 15) is 13.2 Å². The van der Waals surface area contributed by atoms with Gasteiger partial charge in [-0.15, -0.1) is 0 Å². The van der Waals surface area contributed by atoms with Crippen molar-refractivity contribution in [2.75, 3.05) is 26.3 Å². The molecule has 4 N–H and O–H groups in total. The van der Waals surface area contributed by atoms with Crippen LogP contribution in [0.2, 0.25) is 0 Å². The van der Waals surface area contributed by atoms with E-state index in [1.54, 1.807) is 6.07 Å². The number of hydrogen-bond acceptors (Lipinski definition) is 6. The lowest BCUT2D eigenvalue weighted by Gasteiger charge is -2.18. The minimum atomic E-state index is -3.74. The van der Waals surface area contributed by atoms with Gasteiger partial charge in [-0.2, -0.15) is 0 Å². The zero-order valence-corrected chi connectivity index (χ0v) is 16.7. The summed E-state index contributed by atoms with van der Waals surface area (Å²) in [6, 6.07) is 4.38. The summed E-state index contributed by atoms with van der Waals surface area (Å²) in [5, 5.41) is 2.84. The minimum absolute atomic E-state index is 0.00157. The lowest BCUT2D eigenvalue weighted by atomic mass is 10.0. The van der Waals surface area contributed by atoms with Crippen molar-refractivity contribution < 1.29 is 22.7 Å². The number of sulfonamides is 1. The van der Waals surface area contributed by atoms with Crippen LogP contribution in [-0.2, 0) is 14.8 Å². The van der Waals surface area contributed by atoms with Crippen LogP contribution in [0.25, 0.3) is 0 Å². The monoisotopic (exact) mass is 399 g/mol. The molecule has 0 aromatic heterocycles. The molecule has 1 aliphatic rings. The van der Waals surface area contributed by atoms with Gasteiger partial charge >= 0.3 is 0 Å². The molecular formula is C18H29N3O5S. The van der Waals surface area contributed by atoms with Crippen molar-refractivity contribution in [2.45, 2.75) is 44.0 Å². The van der Waals surface area contributed by atoms with Crippen LogP contribution in [0.3, 0.4) is 0 Å². The Morgan fingerprint density at radius 3 is 2.59 bits per heavy atom. The number of amides is 1. The summed E-state index contributed by atoms with van der Waals surface area (Å²) in [5.41, 5.74) is 5.66. The Labute approximate surface area is 160 Å². The molecule has 0 radical (unpaired) electrons. The minimum Gasteiger partial charge on any atom is -0.490 e. The topological polar surface area (TPSA) is 120 Å². The molecule has 1 heterocycles. The number of nitrogens with one attached hydrogen (secondary N) is 2. The first-order chi connectivity index (χ1) is 12.8. The summed E-state index contributed by atoms with van der Waals surface area (Å²) in [7, 11) is -3.74. The molecule has 1 amide bonds. The molecular weight excluding hydrogens is 370 g/mol. The molecule has 8 nitrogen and oxygen atoms in total. The molecule has 1 atom stereocenters. The summed E-state index contributed by atoms with van der Waals surface area (Å²) in [6.07, 6.45) is 1.56. The molecule has 27 heavy (non-hydrogen) atoms. The number of fused-ring (bicyclic) bond motifs is 1. The Morgan fingerprint density at radius 2 is 1.93 bits per heavy atom. The summed E-state index contributed by atoms with van der Waals surface area (Å²) in [5.74, 6) is 1.13. The van der Waals surface area contributed by atoms with Crippen molar-refractivity contribution in [3.63, 3.8) is 0 Å². The molecule has 0 saturated carbocycles. The van der Waals surface area contributed by atoms with Gasteiger partial charge in [-0.05, 0) is 24.5 Å². The van der Waals surface area contributed by atoms with E-state index in [1.807, 2.05) is 0 Å². The molecule has 152 valence electrons. The lowest BCUT2D eigenvalue weighted by molar-refractivity contribution is -0.121. The van der Waals surface area contributed by atoms with E-state index < -0.39 is 10.0 Å². The zero-order valence-electron chi connectivity index (χ0n) is 15.9. The maximum atomic E-state index is 12.5. The second kappa shape index (κ2) is 9.91. The second-order valence-corrected chi connectivity index (χ2v) is 8.70.